The van der Waals surface area contributed by atoms with E-state index in [9.17, 15) is 4.79 Å². The van der Waals surface area contributed by atoms with Crippen LogP contribution in [-0.4, -0.2) is 45.1 Å². The molecule has 1 atom stereocenters. The Bertz CT molecular complexity index is 977. The summed E-state index contributed by atoms with van der Waals surface area (Å²) in [6, 6.07) is 7.28. The summed E-state index contributed by atoms with van der Waals surface area (Å²) in [7, 11) is 0. The lowest BCUT2D eigenvalue weighted by Crippen LogP contribution is -2.44. The van der Waals surface area contributed by atoms with Crippen molar-refractivity contribution in [2.24, 2.45) is 0 Å². The highest BCUT2D eigenvalue weighted by molar-refractivity contribution is 6.33. The first-order valence-corrected chi connectivity index (χ1v) is 9.44. The quantitative estimate of drug-likeness (QED) is 0.665. The normalized spacial score (nSPS) is 16.8. The number of carbonyl (C=O) groups excluding carboxylic acids is 1. The molecular weight excluding hydrogens is 380 g/mol. The standard InChI is InChI=1S/C20H19ClN4O3/c1-13-18(19(24-28-13)15-6-2-3-7-16(15)21)20(26)25-10-4-5-14(12-25)27-17-11-22-8-9-23-17/h2-3,6-9,11,14H,4-5,10,12H2,1H3. The molecule has 1 amide bonds. The van der Waals surface area contributed by atoms with Gasteiger partial charge in [0.2, 0.25) is 5.88 Å². The van der Waals surface area contributed by atoms with E-state index < -0.39 is 0 Å². The second-order valence-corrected chi connectivity index (χ2v) is 7.03. The van der Waals surface area contributed by atoms with Gasteiger partial charge in [-0.2, -0.15) is 0 Å². The highest BCUT2D eigenvalue weighted by Crippen LogP contribution is 2.32. The van der Waals surface area contributed by atoms with Gasteiger partial charge >= 0.3 is 0 Å². The SMILES string of the molecule is Cc1onc(-c2ccccc2Cl)c1C(=O)N1CCCC(Oc2cnccn2)C1. The molecule has 8 heteroatoms. The van der Waals surface area contributed by atoms with Gasteiger partial charge in [0.15, 0.2) is 0 Å². The van der Waals surface area contributed by atoms with Crippen LogP contribution < -0.4 is 4.74 Å². The number of halogens is 1. The number of amides is 1. The predicted molar refractivity (Wildman–Crippen MR) is 103 cm³/mol. The Hall–Kier alpha value is -2.93. The lowest BCUT2D eigenvalue weighted by Gasteiger charge is -2.32. The molecule has 7 nitrogen and oxygen atoms in total. The van der Waals surface area contributed by atoms with Gasteiger partial charge in [0.25, 0.3) is 5.91 Å². The zero-order valence-electron chi connectivity index (χ0n) is 15.3. The molecule has 1 aromatic carbocycles. The molecule has 0 N–H and O–H groups in total. The molecule has 1 fully saturated rings. The lowest BCUT2D eigenvalue weighted by atomic mass is 10.0. The zero-order valence-corrected chi connectivity index (χ0v) is 16.1. The van der Waals surface area contributed by atoms with Gasteiger partial charge in [-0.25, -0.2) is 4.98 Å². The van der Waals surface area contributed by atoms with Gasteiger partial charge in [-0.15, -0.1) is 0 Å². The van der Waals surface area contributed by atoms with Gasteiger partial charge in [-0.1, -0.05) is 35.0 Å². The molecule has 3 aromatic rings. The first-order valence-electron chi connectivity index (χ1n) is 9.06. The van der Waals surface area contributed by atoms with E-state index in [1.807, 2.05) is 18.2 Å². The van der Waals surface area contributed by atoms with E-state index in [0.717, 1.165) is 12.8 Å². The third-order valence-corrected chi connectivity index (χ3v) is 5.03. The number of aromatic nitrogens is 3. The Labute approximate surface area is 167 Å². The van der Waals surface area contributed by atoms with Crippen LogP contribution >= 0.6 is 11.6 Å². The molecule has 3 heterocycles. The van der Waals surface area contributed by atoms with Crippen molar-refractivity contribution >= 4 is 17.5 Å². The van der Waals surface area contributed by atoms with Gasteiger partial charge < -0.3 is 14.2 Å². The Kier molecular flexibility index (Phi) is 5.25. The fourth-order valence-electron chi connectivity index (χ4n) is 3.36. The molecule has 4 rings (SSSR count). The number of hydrogen-bond donors (Lipinski definition) is 0. The molecule has 1 aliphatic rings. The Morgan fingerprint density at radius 3 is 2.96 bits per heavy atom. The molecule has 0 saturated carbocycles. The second-order valence-electron chi connectivity index (χ2n) is 6.62. The minimum Gasteiger partial charge on any atom is -0.471 e. The highest BCUT2D eigenvalue weighted by Gasteiger charge is 2.31. The van der Waals surface area contributed by atoms with Crippen molar-refractivity contribution in [3.8, 4) is 17.1 Å². The summed E-state index contributed by atoms with van der Waals surface area (Å²) in [5.74, 6) is 0.790. The van der Waals surface area contributed by atoms with Crippen molar-refractivity contribution in [3.63, 3.8) is 0 Å². The fraction of sp³-hybridized carbons (Fsp3) is 0.300. The number of piperidine rings is 1. The zero-order chi connectivity index (χ0) is 19.5. The summed E-state index contributed by atoms with van der Waals surface area (Å²) in [5, 5.41) is 4.61. The summed E-state index contributed by atoms with van der Waals surface area (Å²) in [6.45, 7) is 2.84. The number of rotatable bonds is 4. The molecule has 0 spiro atoms. The first kappa shape index (κ1) is 18.4. The summed E-state index contributed by atoms with van der Waals surface area (Å²) >= 11 is 6.30. The van der Waals surface area contributed by atoms with Crippen LogP contribution in [0.2, 0.25) is 5.02 Å². The molecule has 2 aromatic heterocycles. The summed E-state index contributed by atoms with van der Waals surface area (Å²) < 4.78 is 11.2. The second kappa shape index (κ2) is 7.98. The van der Waals surface area contributed by atoms with E-state index in [4.69, 9.17) is 20.9 Å². The number of ether oxygens (including phenoxy) is 1. The number of benzene rings is 1. The Morgan fingerprint density at radius 1 is 1.32 bits per heavy atom. The maximum absolute atomic E-state index is 13.3. The molecule has 0 aliphatic carbocycles. The third kappa shape index (κ3) is 3.71. The Balaban J connectivity index is 1.56. The number of carbonyl (C=O) groups is 1. The number of aryl methyl sites for hydroxylation is 1. The summed E-state index contributed by atoms with van der Waals surface area (Å²) in [6.07, 6.45) is 6.29. The number of hydrogen-bond acceptors (Lipinski definition) is 6. The molecule has 0 radical (unpaired) electrons. The molecule has 28 heavy (non-hydrogen) atoms. The molecule has 0 bridgehead atoms. The number of likely N-dealkylation sites (tertiary alicyclic amines) is 1. The monoisotopic (exact) mass is 398 g/mol. The topological polar surface area (TPSA) is 81.4 Å². The molecular formula is C20H19ClN4O3. The van der Waals surface area contributed by atoms with Crippen molar-refractivity contribution < 1.29 is 14.1 Å². The van der Waals surface area contributed by atoms with Gasteiger partial charge in [0.1, 0.15) is 23.1 Å². The minimum atomic E-state index is -0.140. The fourth-order valence-corrected chi connectivity index (χ4v) is 3.58. The van der Waals surface area contributed by atoms with Crippen molar-refractivity contribution in [2.75, 3.05) is 13.1 Å². The van der Waals surface area contributed by atoms with E-state index in [-0.39, 0.29) is 12.0 Å². The van der Waals surface area contributed by atoms with Gasteiger partial charge in [-0.3, -0.25) is 9.78 Å². The third-order valence-electron chi connectivity index (χ3n) is 4.70. The van der Waals surface area contributed by atoms with Crippen LogP contribution in [0.25, 0.3) is 11.3 Å². The molecule has 1 unspecified atom stereocenters. The average molecular weight is 399 g/mol. The van der Waals surface area contributed by atoms with Gasteiger partial charge in [0, 0.05) is 24.5 Å². The van der Waals surface area contributed by atoms with E-state index in [0.29, 0.717) is 46.6 Å². The summed E-state index contributed by atoms with van der Waals surface area (Å²) in [4.78, 5) is 23.2. The molecule has 1 saturated heterocycles. The van der Waals surface area contributed by atoms with E-state index in [1.54, 1.807) is 36.5 Å². The van der Waals surface area contributed by atoms with Crippen LogP contribution in [0.3, 0.4) is 0 Å². The van der Waals surface area contributed by atoms with Crippen LogP contribution in [0.5, 0.6) is 5.88 Å². The smallest absolute Gasteiger partial charge is 0.259 e. The molecule has 1 aliphatic heterocycles. The maximum Gasteiger partial charge on any atom is 0.259 e. The average Bonchev–Trinajstić information content (AvgIpc) is 3.10. The molecule has 144 valence electrons. The Morgan fingerprint density at radius 2 is 2.18 bits per heavy atom. The van der Waals surface area contributed by atoms with Crippen molar-refractivity contribution in [1.82, 2.24) is 20.0 Å². The van der Waals surface area contributed by atoms with E-state index >= 15 is 0 Å². The van der Waals surface area contributed by atoms with Crippen molar-refractivity contribution in [2.45, 2.75) is 25.9 Å². The van der Waals surface area contributed by atoms with Crippen LogP contribution in [0, 0.1) is 6.92 Å². The summed E-state index contributed by atoms with van der Waals surface area (Å²) in [5.41, 5.74) is 1.58. The highest BCUT2D eigenvalue weighted by atomic mass is 35.5. The predicted octanol–water partition coefficient (Wildman–Crippen LogP) is 3.78. The van der Waals surface area contributed by atoms with Crippen LogP contribution in [-0.2, 0) is 0 Å². The van der Waals surface area contributed by atoms with Crippen LogP contribution in [0.1, 0.15) is 29.0 Å². The number of nitrogens with zero attached hydrogens (tertiary/aromatic N) is 4. The van der Waals surface area contributed by atoms with Crippen molar-refractivity contribution in [3.05, 3.63) is 59.2 Å². The first-order chi connectivity index (χ1) is 13.6. The van der Waals surface area contributed by atoms with E-state index in [2.05, 4.69) is 15.1 Å². The van der Waals surface area contributed by atoms with Crippen LogP contribution in [0.15, 0.2) is 47.4 Å². The lowest BCUT2D eigenvalue weighted by molar-refractivity contribution is 0.0526. The maximum atomic E-state index is 13.3. The van der Waals surface area contributed by atoms with Gasteiger partial charge in [-0.05, 0) is 25.8 Å². The van der Waals surface area contributed by atoms with Gasteiger partial charge in [0.05, 0.1) is 17.8 Å². The largest absolute Gasteiger partial charge is 0.471 e. The minimum absolute atomic E-state index is 0.138. The van der Waals surface area contributed by atoms with Crippen molar-refractivity contribution in [1.29, 1.82) is 0 Å². The van der Waals surface area contributed by atoms with E-state index in [1.165, 1.54) is 0 Å². The van der Waals surface area contributed by atoms with Crippen LogP contribution in [0.4, 0.5) is 0 Å².